The predicted octanol–water partition coefficient (Wildman–Crippen LogP) is 3.23. The minimum Gasteiger partial charge on any atom is -0.338 e. The molecule has 2 saturated carbocycles. The molecular weight excluding hydrogens is 464 g/mol. The molecule has 3 fully saturated rings. The van der Waals surface area contributed by atoms with Gasteiger partial charge in [-0.2, -0.15) is 9.29 Å². The lowest BCUT2D eigenvalue weighted by atomic mass is 9.70. The molecule has 33 heavy (non-hydrogen) atoms. The van der Waals surface area contributed by atoms with Gasteiger partial charge in [-0.1, -0.05) is 30.6 Å². The third-order valence-corrected chi connectivity index (χ3v) is 10.5. The number of Topliss-reactive ketones (excluding diaryl/α,β-unsaturated/α-hetero) is 1. The molecule has 1 aliphatic heterocycles. The minimum absolute atomic E-state index is 0.0591. The summed E-state index contributed by atoms with van der Waals surface area (Å²) >= 11 is 5.93. The number of halogens is 1. The Labute approximate surface area is 199 Å². The van der Waals surface area contributed by atoms with Gasteiger partial charge in [0.2, 0.25) is 21.7 Å². The van der Waals surface area contributed by atoms with Crippen LogP contribution in [0.4, 0.5) is 0 Å². The highest BCUT2D eigenvalue weighted by Crippen LogP contribution is 2.64. The first kappa shape index (κ1) is 23.0. The van der Waals surface area contributed by atoms with Gasteiger partial charge in [-0.05, 0) is 48.4 Å². The minimum atomic E-state index is -3.52. The molecule has 3 aliphatic rings. The van der Waals surface area contributed by atoms with E-state index in [4.69, 9.17) is 16.1 Å². The maximum Gasteiger partial charge on any atom is 0.241 e. The average molecular weight is 493 g/mol. The second-order valence-corrected chi connectivity index (χ2v) is 12.5. The Bertz CT molecular complexity index is 1160. The molecule has 10 heteroatoms. The largest absolute Gasteiger partial charge is 0.338 e. The van der Waals surface area contributed by atoms with E-state index < -0.39 is 15.4 Å². The number of carbonyl (C=O) groups is 1. The van der Waals surface area contributed by atoms with E-state index in [2.05, 4.69) is 28.9 Å². The maximum atomic E-state index is 13.3. The molecule has 0 N–H and O–H groups in total. The van der Waals surface area contributed by atoms with Crippen molar-refractivity contribution in [3.05, 3.63) is 35.2 Å². The Kier molecular flexibility index (Phi) is 5.67. The summed E-state index contributed by atoms with van der Waals surface area (Å²) in [6.45, 7) is 6.56. The summed E-state index contributed by atoms with van der Waals surface area (Å²) in [5.41, 5.74) is -0.156. The van der Waals surface area contributed by atoms with Crippen LogP contribution >= 0.6 is 11.6 Å². The van der Waals surface area contributed by atoms with Gasteiger partial charge in [0.1, 0.15) is 5.78 Å². The smallest absolute Gasteiger partial charge is 0.241 e. The highest BCUT2D eigenvalue weighted by molar-refractivity contribution is 7.89. The number of aromatic nitrogens is 2. The molecule has 0 spiro atoms. The Hall–Kier alpha value is -1.81. The lowest BCUT2D eigenvalue weighted by molar-refractivity contribution is -0.128. The molecule has 178 valence electrons. The molecule has 0 radical (unpaired) electrons. The molecular formula is C23H29ClN4O4S. The summed E-state index contributed by atoms with van der Waals surface area (Å²) in [6.07, 6.45) is 2.17. The van der Waals surface area contributed by atoms with Gasteiger partial charge in [-0.3, -0.25) is 9.69 Å². The van der Waals surface area contributed by atoms with Crippen molar-refractivity contribution >= 4 is 27.4 Å². The monoisotopic (exact) mass is 492 g/mol. The summed E-state index contributed by atoms with van der Waals surface area (Å²) in [5, 5.41) is 4.68. The first-order chi connectivity index (χ1) is 15.6. The van der Waals surface area contributed by atoms with E-state index in [1.54, 1.807) is 16.4 Å². The van der Waals surface area contributed by atoms with Gasteiger partial charge in [-0.25, -0.2) is 8.42 Å². The van der Waals surface area contributed by atoms with E-state index in [0.717, 1.165) is 12.0 Å². The fourth-order valence-corrected chi connectivity index (χ4v) is 8.23. The Morgan fingerprint density at radius 3 is 2.45 bits per heavy atom. The zero-order valence-corrected chi connectivity index (χ0v) is 20.5. The van der Waals surface area contributed by atoms with Crippen LogP contribution in [0.25, 0.3) is 11.4 Å². The molecule has 5 rings (SSSR count). The van der Waals surface area contributed by atoms with Crippen molar-refractivity contribution in [2.24, 2.45) is 16.7 Å². The molecule has 1 aromatic heterocycles. The number of rotatable bonds is 6. The summed E-state index contributed by atoms with van der Waals surface area (Å²) in [4.78, 5) is 19.4. The van der Waals surface area contributed by atoms with Crippen LogP contribution in [-0.2, 0) is 21.4 Å². The van der Waals surface area contributed by atoms with E-state index in [1.165, 1.54) is 0 Å². The van der Waals surface area contributed by atoms with Crippen LogP contribution < -0.4 is 0 Å². The average Bonchev–Trinajstić information content (AvgIpc) is 3.37. The Balaban J connectivity index is 1.20. The standard InChI is InChI=1S/C23H29ClN4O4S/c1-22(2)17-7-8-23(22,19(29)13-17)15-33(30,31)28-11-9-27(10-12-28)14-20-25-21(26-32-20)16-3-5-18(24)6-4-16/h3-6,17H,7-15H2,1-2H3. The number of sulfonamides is 1. The van der Waals surface area contributed by atoms with E-state index >= 15 is 0 Å². The van der Waals surface area contributed by atoms with Crippen molar-refractivity contribution in [2.75, 3.05) is 31.9 Å². The van der Waals surface area contributed by atoms with Gasteiger partial charge in [-0.15, -0.1) is 0 Å². The van der Waals surface area contributed by atoms with Gasteiger partial charge in [0.25, 0.3) is 0 Å². The third kappa shape index (κ3) is 3.92. The van der Waals surface area contributed by atoms with Gasteiger partial charge >= 0.3 is 0 Å². The van der Waals surface area contributed by atoms with Crippen molar-refractivity contribution in [3.63, 3.8) is 0 Å². The van der Waals surface area contributed by atoms with Crippen molar-refractivity contribution in [3.8, 4) is 11.4 Å². The van der Waals surface area contributed by atoms with Crippen LogP contribution in [0, 0.1) is 16.7 Å². The quantitative estimate of drug-likeness (QED) is 0.610. The van der Waals surface area contributed by atoms with E-state index in [1.807, 2.05) is 12.1 Å². The molecule has 2 atom stereocenters. The van der Waals surface area contributed by atoms with Gasteiger partial charge < -0.3 is 4.52 Å². The van der Waals surface area contributed by atoms with Crippen LogP contribution in [-0.4, -0.2) is 65.5 Å². The van der Waals surface area contributed by atoms with Crippen LogP contribution in [0.5, 0.6) is 0 Å². The molecule has 1 saturated heterocycles. The van der Waals surface area contributed by atoms with Gasteiger partial charge in [0.15, 0.2) is 0 Å². The number of hydrogen-bond acceptors (Lipinski definition) is 7. The van der Waals surface area contributed by atoms with Crippen molar-refractivity contribution < 1.29 is 17.7 Å². The van der Waals surface area contributed by atoms with E-state index in [-0.39, 0.29) is 17.0 Å². The van der Waals surface area contributed by atoms with Gasteiger partial charge in [0.05, 0.1) is 12.3 Å². The normalized spacial score (nSPS) is 28.0. The predicted molar refractivity (Wildman–Crippen MR) is 124 cm³/mol. The van der Waals surface area contributed by atoms with E-state index in [0.29, 0.717) is 68.2 Å². The fraction of sp³-hybridized carbons (Fsp3) is 0.609. The van der Waals surface area contributed by atoms with Crippen LogP contribution in [0.15, 0.2) is 28.8 Å². The summed E-state index contributed by atoms with van der Waals surface area (Å²) in [7, 11) is -3.52. The van der Waals surface area contributed by atoms with Crippen molar-refractivity contribution in [1.82, 2.24) is 19.3 Å². The summed E-state index contributed by atoms with van der Waals surface area (Å²) in [6, 6.07) is 7.22. The SMILES string of the molecule is CC1(C)C2CCC1(CS(=O)(=O)N1CCN(Cc3nc(-c4ccc(Cl)cc4)no3)CC1)C(=O)C2. The number of nitrogens with zero attached hydrogens (tertiary/aromatic N) is 4. The molecule has 2 aliphatic carbocycles. The van der Waals surface area contributed by atoms with Gasteiger partial charge in [0, 0.05) is 48.6 Å². The maximum absolute atomic E-state index is 13.3. The first-order valence-electron chi connectivity index (χ1n) is 11.4. The van der Waals surface area contributed by atoms with E-state index in [9.17, 15) is 13.2 Å². The zero-order chi connectivity index (χ0) is 23.4. The number of carbonyl (C=O) groups excluding carboxylic acids is 1. The number of hydrogen-bond donors (Lipinski definition) is 0. The molecule has 8 nitrogen and oxygen atoms in total. The number of ketones is 1. The van der Waals surface area contributed by atoms with Crippen LogP contribution in [0.1, 0.15) is 39.0 Å². The molecule has 2 heterocycles. The summed E-state index contributed by atoms with van der Waals surface area (Å²) < 4.78 is 33.6. The van der Waals surface area contributed by atoms with Crippen LogP contribution in [0.2, 0.25) is 5.02 Å². The Morgan fingerprint density at radius 1 is 1.15 bits per heavy atom. The summed E-state index contributed by atoms with van der Waals surface area (Å²) in [5.74, 6) is 1.38. The molecule has 2 aromatic rings. The highest BCUT2D eigenvalue weighted by Gasteiger charge is 2.65. The fourth-order valence-electron chi connectivity index (χ4n) is 5.90. The van der Waals surface area contributed by atoms with Crippen LogP contribution in [0.3, 0.4) is 0 Å². The lowest BCUT2D eigenvalue weighted by Crippen LogP contribution is -2.52. The molecule has 2 unspecified atom stereocenters. The Morgan fingerprint density at radius 2 is 1.85 bits per heavy atom. The van der Waals surface area contributed by atoms with Crippen molar-refractivity contribution in [2.45, 2.75) is 39.7 Å². The molecule has 0 amide bonds. The second kappa shape index (κ2) is 8.15. The highest BCUT2D eigenvalue weighted by atomic mass is 35.5. The topological polar surface area (TPSA) is 96.6 Å². The molecule has 2 bridgehead atoms. The second-order valence-electron chi connectivity index (χ2n) is 10.1. The number of fused-ring (bicyclic) bond motifs is 2. The molecule has 1 aromatic carbocycles. The zero-order valence-electron chi connectivity index (χ0n) is 19.0. The third-order valence-electron chi connectivity index (χ3n) is 8.22. The lowest BCUT2D eigenvalue weighted by Gasteiger charge is -2.39. The number of piperazine rings is 1. The number of benzene rings is 1. The van der Waals surface area contributed by atoms with Crippen molar-refractivity contribution in [1.29, 1.82) is 0 Å². The first-order valence-corrected chi connectivity index (χ1v) is 13.4.